The summed E-state index contributed by atoms with van der Waals surface area (Å²) in [6, 6.07) is 17.3. The quantitative estimate of drug-likeness (QED) is 0.162. The van der Waals surface area contributed by atoms with Gasteiger partial charge in [-0.25, -0.2) is 4.98 Å². The van der Waals surface area contributed by atoms with Crippen LogP contribution in [0.3, 0.4) is 0 Å². The third-order valence-corrected chi connectivity index (χ3v) is 9.64. The van der Waals surface area contributed by atoms with Crippen molar-refractivity contribution in [3.05, 3.63) is 92.3 Å². The molecule has 0 spiro atoms. The van der Waals surface area contributed by atoms with Crippen molar-refractivity contribution in [2.45, 2.75) is 41.1 Å². The maximum Gasteiger partial charge on any atom is 0.260 e. The average molecular weight is 591 g/mol. The number of thiophene rings is 1. The predicted octanol–water partition coefficient (Wildman–Crippen LogP) is 4.36. The van der Waals surface area contributed by atoms with Crippen LogP contribution in [0.2, 0.25) is 0 Å². The number of nitrogens with one attached hydrogen (secondary N) is 2. The first-order valence-electron chi connectivity index (χ1n) is 12.9. The van der Waals surface area contributed by atoms with Crippen molar-refractivity contribution < 1.29 is 9.90 Å². The third-order valence-electron chi connectivity index (χ3n) is 6.59. The normalized spacial score (nSPS) is 12.6. The first-order valence-corrected chi connectivity index (χ1v) is 15.7. The third kappa shape index (κ3) is 5.57. The lowest BCUT2D eigenvalue weighted by molar-refractivity contribution is 0.0945. The molecule has 1 aliphatic rings. The smallest absolute Gasteiger partial charge is 0.260 e. The number of thioether (sulfide) groups is 2. The highest BCUT2D eigenvalue weighted by Crippen LogP contribution is 2.35. The molecule has 204 valence electrons. The number of aliphatic hydroxyl groups excluding tert-OH is 1. The van der Waals surface area contributed by atoms with Gasteiger partial charge in [-0.05, 0) is 54.7 Å². The van der Waals surface area contributed by atoms with E-state index in [0.717, 1.165) is 51.7 Å². The number of aromatic amines is 1. The Hall–Kier alpha value is -3.45. The van der Waals surface area contributed by atoms with Gasteiger partial charge >= 0.3 is 0 Å². The van der Waals surface area contributed by atoms with Gasteiger partial charge in [-0.1, -0.05) is 53.9 Å². The van der Waals surface area contributed by atoms with E-state index in [0.29, 0.717) is 22.2 Å². The van der Waals surface area contributed by atoms with Gasteiger partial charge in [0.25, 0.3) is 11.5 Å². The number of nitrogens with zero attached hydrogens (tertiary/aromatic N) is 4. The fourth-order valence-electron chi connectivity index (χ4n) is 4.68. The molecule has 0 saturated heterocycles. The number of carbonyl (C=O) groups excluding carboxylic acids is 1. The molecule has 0 aliphatic heterocycles. The molecule has 0 bridgehead atoms. The number of aliphatic hydroxyl groups is 1. The van der Waals surface area contributed by atoms with Crippen molar-refractivity contribution in [3.63, 3.8) is 0 Å². The number of carbonyl (C=O) groups is 1. The molecule has 0 atom stereocenters. The van der Waals surface area contributed by atoms with Crippen LogP contribution in [0.5, 0.6) is 0 Å². The van der Waals surface area contributed by atoms with E-state index in [1.54, 1.807) is 35.2 Å². The van der Waals surface area contributed by atoms with E-state index >= 15 is 0 Å². The Kier molecular flexibility index (Phi) is 8.00. The topological polar surface area (TPSA) is 126 Å². The highest BCUT2D eigenvalue weighted by molar-refractivity contribution is 7.98. The Balaban J connectivity index is 1.20. The van der Waals surface area contributed by atoms with Crippen molar-refractivity contribution in [2.24, 2.45) is 0 Å². The lowest BCUT2D eigenvalue weighted by Crippen LogP contribution is -2.26. The minimum Gasteiger partial charge on any atom is -0.395 e. The number of H-pyrrole nitrogens is 1. The van der Waals surface area contributed by atoms with Crippen LogP contribution < -0.4 is 10.9 Å². The molecule has 0 fully saturated rings. The van der Waals surface area contributed by atoms with Crippen LogP contribution in [0.1, 0.15) is 38.6 Å². The Morgan fingerprint density at radius 2 is 1.88 bits per heavy atom. The Morgan fingerprint density at radius 1 is 1.05 bits per heavy atom. The van der Waals surface area contributed by atoms with Gasteiger partial charge in [-0.3, -0.25) is 14.2 Å². The standard InChI is InChI=1S/C28H26N6O3S3/c35-14-13-29-24(36)18-11-9-17(10-12-18)15-39-28-33-32-22(34(28)19-5-2-1-3-6-19)16-38-27-30-25(37)23-20-7-4-8-21(20)40-26(23)31-27/h1-3,5-6,9-12,35H,4,7-8,13-16H2,(H,29,36)(H,30,31,37). The van der Waals surface area contributed by atoms with Gasteiger partial charge in [0, 0.05) is 28.4 Å². The number of aromatic nitrogens is 5. The average Bonchev–Trinajstić information content (AvgIpc) is 3.69. The van der Waals surface area contributed by atoms with Gasteiger partial charge < -0.3 is 15.4 Å². The van der Waals surface area contributed by atoms with Crippen LogP contribution in [0, 0.1) is 0 Å². The largest absolute Gasteiger partial charge is 0.395 e. The fourth-order valence-corrected chi connectivity index (χ4v) is 7.70. The summed E-state index contributed by atoms with van der Waals surface area (Å²) in [7, 11) is 0. The zero-order valence-corrected chi connectivity index (χ0v) is 23.9. The van der Waals surface area contributed by atoms with Gasteiger partial charge in [0.05, 0.1) is 17.7 Å². The summed E-state index contributed by atoms with van der Waals surface area (Å²) >= 11 is 4.64. The van der Waals surface area contributed by atoms with Crippen molar-refractivity contribution in [1.29, 1.82) is 0 Å². The monoisotopic (exact) mass is 590 g/mol. The highest BCUT2D eigenvalue weighted by Gasteiger charge is 2.22. The van der Waals surface area contributed by atoms with E-state index in [4.69, 9.17) is 10.1 Å². The van der Waals surface area contributed by atoms with Gasteiger partial charge in [0.1, 0.15) is 10.7 Å². The number of rotatable bonds is 10. The Labute approximate surface area is 242 Å². The molecule has 2 aromatic carbocycles. The maximum absolute atomic E-state index is 12.9. The first kappa shape index (κ1) is 26.8. The van der Waals surface area contributed by atoms with Crippen molar-refractivity contribution in [3.8, 4) is 5.69 Å². The van der Waals surface area contributed by atoms with Crippen LogP contribution in [0.15, 0.2) is 69.7 Å². The van der Waals surface area contributed by atoms with Crippen molar-refractivity contribution in [1.82, 2.24) is 30.0 Å². The van der Waals surface area contributed by atoms with Crippen LogP contribution in [-0.2, 0) is 24.3 Å². The molecular weight excluding hydrogens is 565 g/mol. The van der Waals surface area contributed by atoms with E-state index in [-0.39, 0.29) is 24.6 Å². The van der Waals surface area contributed by atoms with E-state index in [1.807, 2.05) is 47.0 Å². The number of para-hydroxylation sites is 1. The van der Waals surface area contributed by atoms with Gasteiger partial charge in [0.2, 0.25) is 0 Å². The molecule has 3 heterocycles. The SMILES string of the molecule is O=C(NCCO)c1ccc(CSc2nnc(CSc3nc4sc5c(c4c(=O)[nH]3)CCC5)n2-c2ccccc2)cc1. The number of aryl methyl sites for hydroxylation is 2. The van der Waals surface area contributed by atoms with Crippen LogP contribution in [0.4, 0.5) is 0 Å². The summed E-state index contributed by atoms with van der Waals surface area (Å²) in [4.78, 5) is 34.8. The summed E-state index contributed by atoms with van der Waals surface area (Å²) in [6.45, 7) is 0.131. The summed E-state index contributed by atoms with van der Waals surface area (Å²) in [6.07, 6.45) is 3.09. The summed E-state index contributed by atoms with van der Waals surface area (Å²) in [5, 5.41) is 22.6. The molecule has 3 N–H and O–H groups in total. The molecule has 5 aromatic rings. The molecule has 9 nitrogen and oxygen atoms in total. The van der Waals surface area contributed by atoms with Crippen molar-refractivity contribution >= 4 is 51.0 Å². The number of hydrogen-bond donors (Lipinski definition) is 3. The number of hydrogen-bond acceptors (Lipinski definition) is 9. The zero-order chi connectivity index (χ0) is 27.5. The second-order valence-corrected chi connectivity index (χ2v) is 12.2. The lowest BCUT2D eigenvalue weighted by atomic mass is 10.1. The Morgan fingerprint density at radius 3 is 2.67 bits per heavy atom. The second-order valence-electron chi connectivity index (χ2n) is 9.23. The molecule has 0 saturated carbocycles. The van der Waals surface area contributed by atoms with Crippen molar-refractivity contribution in [2.75, 3.05) is 13.2 Å². The van der Waals surface area contributed by atoms with Gasteiger partial charge in [-0.15, -0.1) is 21.5 Å². The lowest BCUT2D eigenvalue weighted by Gasteiger charge is -2.10. The van der Waals surface area contributed by atoms with Crippen LogP contribution in [0.25, 0.3) is 15.9 Å². The van der Waals surface area contributed by atoms with E-state index in [9.17, 15) is 9.59 Å². The minimum absolute atomic E-state index is 0.0652. The number of benzene rings is 2. The molecule has 1 amide bonds. The molecule has 12 heteroatoms. The molecule has 1 aliphatic carbocycles. The summed E-state index contributed by atoms with van der Waals surface area (Å²) in [5.41, 5.74) is 3.65. The van der Waals surface area contributed by atoms with E-state index in [2.05, 4.69) is 20.5 Å². The second kappa shape index (κ2) is 12.0. The zero-order valence-electron chi connectivity index (χ0n) is 21.4. The maximum atomic E-state index is 12.9. The summed E-state index contributed by atoms with van der Waals surface area (Å²) in [5.74, 6) is 1.67. The van der Waals surface area contributed by atoms with E-state index < -0.39 is 0 Å². The summed E-state index contributed by atoms with van der Waals surface area (Å²) < 4.78 is 2.03. The Bertz CT molecular complexity index is 1710. The van der Waals surface area contributed by atoms with Crippen LogP contribution >= 0.6 is 34.9 Å². The van der Waals surface area contributed by atoms with Crippen LogP contribution in [-0.4, -0.2) is 48.9 Å². The highest BCUT2D eigenvalue weighted by atomic mass is 32.2. The molecule has 3 aromatic heterocycles. The molecule has 0 unspecified atom stereocenters. The first-order chi connectivity index (χ1) is 19.6. The number of amides is 1. The number of fused-ring (bicyclic) bond motifs is 3. The molecular formula is C28H26N6O3S3. The molecule has 40 heavy (non-hydrogen) atoms. The van der Waals surface area contributed by atoms with Gasteiger partial charge in [0.15, 0.2) is 10.3 Å². The molecule has 6 rings (SSSR count). The van der Waals surface area contributed by atoms with E-state index in [1.165, 1.54) is 22.2 Å². The fraction of sp³-hybridized carbons (Fsp3) is 0.250. The predicted molar refractivity (Wildman–Crippen MR) is 159 cm³/mol. The molecule has 0 radical (unpaired) electrons. The minimum atomic E-state index is -0.211. The van der Waals surface area contributed by atoms with Gasteiger partial charge in [-0.2, -0.15) is 0 Å².